The molecule has 2 N–H and O–H groups in total. The summed E-state index contributed by atoms with van der Waals surface area (Å²) in [4.78, 5) is 15.6. The van der Waals surface area contributed by atoms with Crippen LogP contribution in [-0.2, 0) is 4.79 Å². The number of nitrogens with one attached hydrogen (secondary N) is 1. The van der Waals surface area contributed by atoms with Crippen LogP contribution in [0.3, 0.4) is 0 Å². The average Bonchev–Trinajstić information content (AvgIpc) is 2.91. The number of nitrogens with zero attached hydrogens (tertiary/aromatic N) is 1. The first-order chi connectivity index (χ1) is 10.9. The molecule has 0 aliphatic heterocycles. The average molecular weight is 310 g/mol. The number of aromatic nitrogens is 1. The quantitative estimate of drug-likeness (QED) is 0.708. The van der Waals surface area contributed by atoms with Crippen LogP contribution >= 0.6 is 0 Å². The minimum atomic E-state index is -0.180. The van der Waals surface area contributed by atoms with E-state index >= 15 is 0 Å². The lowest BCUT2D eigenvalue weighted by Gasteiger charge is -2.05. The van der Waals surface area contributed by atoms with Crippen LogP contribution in [0.25, 0.3) is 22.6 Å². The molecule has 0 saturated carbocycles. The number of phenols is 1. The van der Waals surface area contributed by atoms with Gasteiger partial charge in [0.1, 0.15) is 11.3 Å². The lowest BCUT2D eigenvalue weighted by Crippen LogP contribution is -2.05. The molecule has 0 atom stereocenters. The van der Waals surface area contributed by atoms with Crippen molar-refractivity contribution in [3.63, 3.8) is 0 Å². The molecule has 0 radical (unpaired) electrons. The van der Waals surface area contributed by atoms with Crippen LogP contribution in [0, 0.1) is 0 Å². The number of anilines is 1. The summed E-state index contributed by atoms with van der Waals surface area (Å²) in [6, 6.07) is 10.7. The summed E-state index contributed by atoms with van der Waals surface area (Å²) in [5.74, 6) is 0.595. The van der Waals surface area contributed by atoms with Gasteiger partial charge >= 0.3 is 0 Å². The lowest BCUT2D eigenvalue weighted by molar-refractivity contribution is -0.114. The Morgan fingerprint density at radius 2 is 2.00 bits per heavy atom. The number of phenolic OH excluding ortho intramolecular Hbond substituents is 1. The van der Waals surface area contributed by atoms with Gasteiger partial charge in [0.25, 0.3) is 0 Å². The first kappa shape index (κ1) is 15.1. The molecule has 5 nitrogen and oxygen atoms in total. The van der Waals surface area contributed by atoms with Gasteiger partial charge in [0.15, 0.2) is 5.58 Å². The topological polar surface area (TPSA) is 75.4 Å². The number of carbonyl (C=O) groups is 1. The normalized spacial score (nSPS) is 11.1. The molecule has 0 unspecified atom stereocenters. The molecule has 1 aromatic heterocycles. The zero-order valence-electron chi connectivity index (χ0n) is 13.3. The summed E-state index contributed by atoms with van der Waals surface area (Å²) >= 11 is 0. The van der Waals surface area contributed by atoms with E-state index in [2.05, 4.69) is 24.1 Å². The zero-order valence-corrected chi connectivity index (χ0v) is 13.3. The molecule has 0 fully saturated rings. The highest BCUT2D eigenvalue weighted by atomic mass is 16.3. The number of oxazole rings is 1. The third-order valence-electron chi connectivity index (χ3n) is 3.63. The summed E-state index contributed by atoms with van der Waals surface area (Å²) in [6.07, 6.45) is 0. The van der Waals surface area contributed by atoms with Gasteiger partial charge in [0.05, 0.1) is 5.56 Å². The van der Waals surface area contributed by atoms with Crippen LogP contribution in [-0.4, -0.2) is 16.0 Å². The number of carbonyl (C=O) groups excluding carboxylic acids is 1. The van der Waals surface area contributed by atoms with Crippen molar-refractivity contribution in [2.45, 2.75) is 26.7 Å². The second-order valence-corrected chi connectivity index (χ2v) is 5.81. The van der Waals surface area contributed by atoms with E-state index in [1.54, 1.807) is 12.1 Å². The van der Waals surface area contributed by atoms with Crippen LogP contribution in [0.1, 0.15) is 32.3 Å². The highest BCUT2D eigenvalue weighted by molar-refractivity contribution is 5.90. The van der Waals surface area contributed by atoms with Crippen molar-refractivity contribution in [1.82, 2.24) is 4.98 Å². The standard InChI is InChI=1S/C18H18N2O3/c1-10(2)12-4-7-17-15(8-12)20-18(23-17)14-9-13(19-11(3)21)5-6-16(14)22/h4-10,22H,1-3H3,(H,19,21). The van der Waals surface area contributed by atoms with Gasteiger partial charge in [-0.3, -0.25) is 4.79 Å². The van der Waals surface area contributed by atoms with Crippen LogP contribution in [0.15, 0.2) is 40.8 Å². The minimum Gasteiger partial charge on any atom is -0.507 e. The second-order valence-electron chi connectivity index (χ2n) is 5.81. The minimum absolute atomic E-state index is 0.0507. The van der Waals surface area contributed by atoms with Crippen molar-refractivity contribution in [2.24, 2.45) is 0 Å². The summed E-state index contributed by atoms with van der Waals surface area (Å²) < 4.78 is 5.75. The molecule has 0 aliphatic carbocycles. The molecule has 1 amide bonds. The molecule has 0 bridgehead atoms. The molecule has 0 saturated heterocycles. The van der Waals surface area contributed by atoms with Gasteiger partial charge in [-0.05, 0) is 41.8 Å². The number of fused-ring (bicyclic) bond motifs is 1. The molecule has 3 aromatic rings. The first-order valence-corrected chi connectivity index (χ1v) is 7.45. The Bertz CT molecular complexity index is 881. The highest BCUT2D eigenvalue weighted by Gasteiger charge is 2.14. The summed E-state index contributed by atoms with van der Waals surface area (Å²) in [7, 11) is 0. The molecular weight excluding hydrogens is 292 g/mol. The van der Waals surface area contributed by atoms with E-state index in [9.17, 15) is 9.90 Å². The third-order valence-corrected chi connectivity index (χ3v) is 3.63. The van der Waals surface area contributed by atoms with E-state index in [1.165, 1.54) is 18.6 Å². The smallest absolute Gasteiger partial charge is 0.231 e. The van der Waals surface area contributed by atoms with Gasteiger partial charge in [-0.25, -0.2) is 4.98 Å². The fourth-order valence-corrected chi connectivity index (χ4v) is 2.41. The molecule has 2 aromatic carbocycles. The molecular formula is C18H18N2O3. The number of hydrogen-bond acceptors (Lipinski definition) is 4. The van der Waals surface area contributed by atoms with Gasteiger partial charge < -0.3 is 14.8 Å². The van der Waals surface area contributed by atoms with E-state index in [0.29, 0.717) is 28.6 Å². The highest BCUT2D eigenvalue weighted by Crippen LogP contribution is 2.33. The number of aromatic hydroxyl groups is 1. The van der Waals surface area contributed by atoms with Gasteiger partial charge in [0, 0.05) is 12.6 Å². The van der Waals surface area contributed by atoms with E-state index in [-0.39, 0.29) is 11.7 Å². The molecule has 3 rings (SSSR count). The van der Waals surface area contributed by atoms with Gasteiger partial charge in [-0.1, -0.05) is 19.9 Å². The maximum atomic E-state index is 11.2. The van der Waals surface area contributed by atoms with Crippen molar-refractivity contribution in [2.75, 3.05) is 5.32 Å². The Morgan fingerprint density at radius 3 is 2.70 bits per heavy atom. The third kappa shape index (κ3) is 3.04. The van der Waals surface area contributed by atoms with Crippen LogP contribution in [0.4, 0.5) is 5.69 Å². The predicted octanol–water partition coefficient (Wildman–Crippen LogP) is 4.28. The van der Waals surface area contributed by atoms with Crippen LogP contribution < -0.4 is 5.32 Å². The Morgan fingerprint density at radius 1 is 1.22 bits per heavy atom. The van der Waals surface area contributed by atoms with Crippen molar-refractivity contribution in [3.05, 3.63) is 42.0 Å². The lowest BCUT2D eigenvalue weighted by atomic mass is 10.0. The number of rotatable bonds is 3. The fraction of sp³-hybridized carbons (Fsp3) is 0.222. The Kier molecular flexibility index (Phi) is 3.78. The fourth-order valence-electron chi connectivity index (χ4n) is 2.41. The van der Waals surface area contributed by atoms with Gasteiger partial charge in [-0.15, -0.1) is 0 Å². The maximum absolute atomic E-state index is 11.2. The van der Waals surface area contributed by atoms with Crippen molar-refractivity contribution in [3.8, 4) is 17.2 Å². The van der Waals surface area contributed by atoms with E-state index in [0.717, 1.165) is 5.52 Å². The van der Waals surface area contributed by atoms with Crippen LogP contribution in [0.2, 0.25) is 0 Å². The maximum Gasteiger partial charge on any atom is 0.231 e. The Balaban J connectivity index is 2.07. The Hall–Kier alpha value is -2.82. The van der Waals surface area contributed by atoms with E-state index in [4.69, 9.17) is 4.42 Å². The Labute approximate surface area is 134 Å². The zero-order chi connectivity index (χ0) is 16.6. The van der Waals surface area contributed by atoms with Crippen LogP contribution in [0.5, 0.6) is 5.75 Å². The number of amides is 1. The molecule has 0 aliphatic rings. The summed E-state index contributed by atoms with van der Waals surface area (Å²) in [6.45, 7) is 5.66. The summed E-state index contributed by atoms with van der Waals surface area (Å²) in [5, 5.41) is 12.8. The summed E-state index contributed by atoms with van der Waals surface area (Å²) in [5.41, 5.74) is 3.60. The van der Waals surface area contributed by atoms with E-state index in [1.807, 2.05) is 18.2 Å². The van der Waals surface area contributed by atoms with E-state index < -0.39 is 0 Å². The molecule has 23 heavy (non-hydrogen) atoms. The predicted molar refractivity (Wildman–Crippen MR) is 89.5 cm³/mol. The SMILES string of the molecule is CC(=O)Nc1ccc(O)c(-c2nc3cc(C(C)C)ccc3o2)c1. The molecule has 0 spiro atoms. The number of benzene rings is 2. The first-order valence-electron chi connectivity index (χ1n) is 7.45. The monoisotopic (exact) mass is 310 g/mol. The molecule has 1 heterocycles. The van der Waals surface area contributed by atoms with Crippen molar-refractivity contribution >= 4 is 22.7 Å². The second kappa shape index (κ2) is 5.76. The van der Waals surface area contributed by atoms with Crippen molar-refractivity contribution < 1.29 is 14.3 Å². The molecule has 5 heteroatoms. The van der Waals surface area contributed by atoms with Gasteiger partial charge in [0.2, 0.25) is 11.8 Å². The largest absolute Gasteiger partial charge is 0.507 e. The van der Waals surface area contributed by atoms with Crippen molar-refractivity contribution in [1.29, 1.82) is 0 Å². The number of hydrogen-bond donors (Lipinski definition) is 2. The van der Waals surface area contributed by atoms with Gasteiger partial charge in [-0.2, -0.15) is 0 Å². The molecule has 118 valence electrons.